The quantitative estimate of drug-likeness (QED) is 0.0247. The Kier molecular flexibility index (Phi) is 44.4. The lowest BCUT2D eigenvalue weighted by Crippen LogP contribution is -2.48. The number of hydrogen-bond donors (Lipinski definition) is 1. The van der Waals surface area contributed by atoms with Crippen LogP contribution in [0.15, 0.2) is 170 Å². The Bertz CT molecular complexity index is 3680. The monoisotopic (exact) mass is 1600 g/mol. The molecule has 4 saturated carbocycles. The van der Waals surface area contributed by atoms with Gasteiger partial charge in [0.25, 0.3) is 0 Å². The Balaban J connectivity index is 0.000000223. The molecular weight excluding hydrogens is 1460 g/mol. The van der Waals surface area contributed by atoms with Crippen molar-refractivity contribution in [1.82, 2.24) is 10.2 Å². The lowest BCUT2D eigenvalue weighted by molar-refractivity contribution is -0.156. The van der Waals surface area contributed by atoms with E-state index in [-0.39, 0.29) is 60.5 Å². The first kappa shape index (κ1) is 96.3. The maximum absolute atomic E-state index is 13.8. The molecule has 6 aliphatic rings. The third-order valence-corrected chi connectivity index (χ3v) is 24.8. The van der Waals surface area contributed by atoms with Crippen molar-refractivity contribution in [2.45, 2.75) is 244 Å². The van der Waals surface area contributed by atoms with Crippen LogP contribution in [-0.4, -0.2) is 140 Å². The molecular formula is C99H143ClN4O11. The maximum atomic E-state index is 13.8. The molecule has 632 valence electrons. The minimum atomic E-state index is -0.648. The fourth-order valence-electron chi connectivity index (χ4n) is 17.7. The summed E-state index contributed by atoms with van der Waals surface area (Å²) in [5.41, 5.74) is 5.17. The van der Waals surface area contributed by atoms with Gasteiger partial charge in [0.15, 0.2) is 6.29 Å². The first-order chi connectivity index (χ1) is 55.4. The largest absolute Gasteiger partial charge is 0.495 e. The summed E-state index contributed by atoms with van der Waals surface area (Å²) in [4.78, 5) is 81.3. The number of rotatable bonds is 31. The van der Waals surface area contributed by atoms with Gasteiger partial charge < -0.3 is 43.6 Å². The van der Waals surface area contributed by atoms with Crippen LogP contribution in [0.3, 0.4) is 0 Å². The normalized spacial score (nSPS) is 18.1. The van der Waals surface area contributed by atoms with E-state index in [1.165, 1.54) is 88.3 Å². The maximum Gasteiger partial charge on any atom is 0.308 e. The van der Waals surface area contributed by atoms with Crippen LogP contribution in [0.4, 0.5) is 11.4 Å². The molecule has 0 radical (unpaired) electrons. The summed E-state index contributed by atoms with van der Waals surface area (Å²) in [6, 6.07) is 56.9. The molecule has 4 aliphatic carbocycles. The van der Waals surface area contributed by atoms with E-state index in [1.807, 2.05) is 137 Å². The molecule has 0 bridgehead atoms. The van der Waals surface area contributed by atoms with Crippen molar-refractivity contribution in [1.29, 1.82) is 0 Å². The molecule has 0 spiro atoms. The SMILES string of the molecule is CC(CC=O)(C(=O)C1CCCCC1)c1ccccc1.CCCC(CC)C(=O)OC.CCOC(CC(C)(C(=O)C1CCCCC1)c1ccccc1)OCC.COc1ccccc1N1CCN(CCC(C)(C(=O)C2CCCCC2)c2ccccc2)CC1.COc1ccccc1N1CCNCC1.Cl.O=C(Cc1ccccc1)C1CCCCC1. The Labute approximate surface area is 698 Å². The van der Waals surface area contributed by atoms with E-state index in [1.54, 1.807) is 14.2 Å². The van der Waals surface area contributed by atoms with Crippen molar-refractivity contribution in [3.8, 4) is 11.5 Å². The molecule has 6 aromatic carbocycles. The topological polar surface area (TPSA) is 170 Å². The van der Waals surface area contributed by atoms with Gasteiger partial charge in [-0.1, -0.05) is 243 Å². The number of Topliss-reactive ketones (excluding diaryl/α,β-unsaturated/α-hetero) is 4. The van der Waals surface area contributed by atoms with Crippen LogP contribution in [0.25, 0.3) is 0 Å². The molecule has 0 aromatic heterocycles. The van der Waals surface area contributed by atoms with Crippen molar-refractivity contribution in [2.75, 3.05) is 103 Å². The fourth-order valence-corrected chi connectivity index (χ4v) is 17.7. The van der Waals surface area contributed by atoms with Crippen LogP contribution < -0.4 is 24.6 Å². The molecule has 2 saturated heterocycles. The van der Waals surface area contributed by atoms with Crippen LogP contribution in [0.5, 0.6) is 11.5 Å². The number of piperazine rings is 2. The number of methoxy groups -OCH3 is 3. The van der Waals surface area contributed by atoms with Gasteiger partial charge in [-0.3, -0.25) is 28.9 Å². The van der Waals surface area contributed by atoms with Gasteiger partial charge in [-0.15, -0.1) is 12.4 Å². The average molecular weight is 1600 g/mol. The summed E-state index contributed by atoms with van der Waals surface area (Å²) in [6.45, 7) is 24.6. The highest BCUT2D eigenvalue weighted by molar-refractivity contribution is 5.94. The lowest BCUT2D eigenvalue weighted by atomic mass is 9.68. The summed E-state index contributed by atoms with van der Waals surface area (Å²) in [5, 5.41) is 3.34. The van der Waals surface area contributed by atoms with Gasteiger partial charge in [0.1, 0.15) is 40.9 Å². The summed E-state index contributed by atoms with van der Waals surface area (Å²) < 4.78 is 27.0. The number of para-hydroxylation sites is 4. The summed E-state index contributed by atoms with van der Waals surface area (Å²) in [6.07, 6.45) is 28.8. The first-order valence-corrected chi connectivity index (χ1v) is 43.7. The Morgan fingerprint density at radius 3 is 1.23 bits per heavy atom. The van der Waals surface area contributed by atoms with Gasteiger partial charge in [0, 0.05) is 109 Å². The van der Waals surface area contributed by atoms with E-state index in [2.05, 4.69) is 106 Å². The number of anilines is 2. The number of esters is 1. The number of nitrogens with one attached hydrogen (secondary N) is 1. The lowest BCUT2D eigenvalue weighted by Gasteiger charge is -2.39. The highest BCUT2D eigenvalue weighted by Crippen LogP contribution is 2.41. The van der Waals surface area contributed by atoms with Crippen molar-refractivity contribution in [2.24, 2.45) is 29.6 Å². The van der Waals surface area contributed by atoms with Crippen molar-refractivity contribution in [3.63, 3.8) is 0 Å². The fraction of sp³-hybridized carbons (Fsp3) is 0.576. The minimum Gasteiger partial charge on any atom is -0.495 e. The van der Waals surface area contributed by atoms with Crippen molar-refractivity contribution >= 4 is 59.2 Å². The van der Waals surface area contributed by atoms with Crippen LogP contribution in [-0.2, 0) is 65.6 Å². The minimum absolute atomic E-state index is 0. The number of halogens is 1. The number of ketones is 4. The number of carbonyl (C=O) groups is 6. The zero-order valence-corrected chi connectivity index (χ0v) is 72.6. The Hall–Kier alpha value is -7.53. The number of benzene rings is 6. The molecule has 6 fully saturated rings. The predicted molar refractivity (Wildman–Crippen MR) is 472 cm³/mol. The number of aldehydes is 1. The van der Waals surface area contributed by atoms with E-state index >= 15 is 0 Å². The van der Waals surface area contributed by atoms with Crippen molar-refractivity contribution in [3.05, 3.63) is 192 Å². The molecule has 0 amide bonds. The molecule has 4 unspecified atom stereocenters. The van der Waals surface area contributed by atoms with E-state index in [0.717, 1.165) is 183 Å². The van der Waals surface area contributed by atoms with Crippen LogP contribution in [0.1, 0.15) is 238 Å². The summed E-state index contributed by atoms with van der Waals surface area (Å²) in [5.74, 6) is 4.38. The Morgan fingerprint density at radius 1 is 0.461 bits per heavy atom. The van der Waals surface area contributed by atoms with Gasteiger partial charge in [0.2, 0.25) is 0 Å². The molecule has 12 rings (SSSR count). The number of nitrogens with zero attached hydrogens (tertiary/aromatic N) is 3. The third-order valence-electron chi connectivity index (χ3n) is 24.8. The van der Waals surface area contributed by atoms with Crippen LogP contribution in [0, 0.1) is 29.6 Å². The predicted octanol–water partition coefficient (Wildman–Crippen LogP) is 20.8. The van der Waals surface area contributed by atoms with Crippen LogP contribution >= 0.6 is 12.4 Å². The van der Waals surface area contributed by atoms with E-state index in [4.69, 9.17) is 18.9 Å². The second-order valence-corrected chi connectivity index (χ2v) is 32.6. The number of carbonyl (C=O) groups excluding carboxylic acids is 6. The molecule has 15 nitrogen and oxygen atoms in total. The first-order valence-electron chi connectivity index (χ1n) is 43.7. The molecule has 2 aliphatic heterocycles. The summed E-state index contributed by atoms with van der Waals surface area (Å²) in [7, 11) is 4.91. The molecule has 16 heteroatoms. The van der Waals surface area contributed by atoms with Gasteiger partial charge in [-0.05, 0) is 158 Å². The standard InChI is InChI=1S/C28H38N2O2.C21H32O3.C17H22O2.C14H18O.C11H16N2O.C8H16O2.ClH/c1-28(24-13-7-4-8-14-24,27(31)23-11-5-3-6-12-23)17-18-29-19-21-30(22-20-29)25-15-9-10-16-26(25)32-2;1-4-23-19(24-5-2)16-21(3,18-14-10-7-11-15-18)20(22)17-12-8-6-9-13-17;1-17(12-13-18,15-10-6-3-7-11-15)16(19)14-8-4-2-5-9-14;15-14(13-9-5-2-6-10-13)11-12-7-3-1-4-8-12;1-14-11-5-3-2-4-10(11)13-8-6-12-7-9-13;1-4-6-7(5-2)8(9)10-3;/h4,7-10,13-16,23H,3,5-6,11-12,17-22H2,1-2H3;7,10-11,14-15,17,19H,4-6,8-9,12-13,16H2,1-3H3;3,6-7,10-11,13-14H,2,4-5,8-9,12H2,1H3;1,3-4,7-8,13H,2,5-6,9-11H2;2-5,12H,6-9H2,1H3;7H,4-6H2,1-3H3;1H. The van der Waals surface area contributed by atoms with E-state index < -0.39 is 16.2 Å². The smallest absolute Gasteiger partial charge is 0.308 e. The molecule has 115 heavy (non-hydrogen) atoms. The molecule has 1 N–H and O–H groups in total. The van der Waals surface area contributed by atoms with Crippen molar-refractivity contribution < 1.29 is 52.5 Å². The number of ether oxygens (including phenoxy) is 5. The van der Waals surface area contributed by atoms with Crippen LogP contribution in [0.2, 0.25) is 0 Å². The second kappa shape index (κ2) is 53.0. The van der Waals surface area contributed by atoms with Gasteiger partial charge in [-0.25, -0.2) is 0 Å². The average Bonchev–Trinajstić information content (AvgIpc) is 0.788. The third kappa shape index (κ3) is 30.1. The zero-order chi connectivity index (χ0) is 81.8. The summed E-state index contributed by atoms with van der Waals surface area (Å²) >= 11 is 0. The van der Waals surface area contributed by atoms with E-state index in [0.29, 0.717) is 49.3 Å². The second-order valence-electron chi connectivity index (χ2n) is 32.6. The number of hydrogen-bond acceptors (Lipinski definition) is 15. The molecule has 2 heterocycles. The Morgan fingerprint density at radius 2 is 0.835 bits per heavy atom. The zero-order valence-electron chi connectivity index (χ0n) is 71.8. The molecule has 6 aromatic rings. The van der Waals surface area contributed by atoms with Gasteiger partial charge >= 0.3 is 5.97 Å². The molecule has 4 atom stereocenters. The highest BCUT2D eigenvalue weighted by atomic mass is 35.5. The van der Waals surface area contributed by atoms with E-state index in [9.17, 15) is 28.8 Å². The van der Waals surface area contributed by atoms with Gasteiger partial charge in [-0.2, -0.15) is 0 Å². The highest BCUT2D eigenvalue weighted by Gasteiger charge is 2.44. The van der Waals surface area contributed by atoms with Gasteiger partial charge in [0.05, 0.1) is 54.9 Å².